The van der Waals surface area contributed by atoms with Crippen LogP contribution < -0.4 is 9.62 Å². The molecule has 1 amide bonds. The van der Waals surface area contributed by atoms with Gasteiger partial charge in [0.15, 0.2) is 0 Å². The predicted molar refractivity (Wildman–Crippen MR) is 80.2 cm³/mol. The normalized spacial score (nSPS) is 11.5. The van der Waals surface area contributed by atoms with Crippen LogP contribution in [0, 0.1) is 5.82 Å². The van der Waals surface area contributed by atoms with E-state index in [2.05, 4.69) is 5.32 Å². The summed E-state index contributed by atoms with van der Waals surface area (Å²) in [5.41, 5.74) is 0.252. The molecule has 1 rings (SSSR count). The molecular weight excluding hydrogens is 297 g/mol. The molecule has 0 spiro atoms. The number of nitrogens with one attached hydrogen (secondary N) is 1. The Morgan fingerprint density at radius 2 is 1.81 bits per heavy atom. The molecule has 0 fully saturated rings. The number of rotatable bonds is 7. The first-order valence-electron chi connectivity index (χ1n) is 6.35. The van der Waals surface area contributed by atoms with Crippen LogP contribution in [0.3, 0.4) is 0 Å². The molecule has 0 aliphatic heterocycles. The number of benzene rings is 1. The number of likely N-dealkylation sites (N-methyl/N-ethyl adjacent to an activating group) is 1. The molecule has 0 saturated carbocycles. The molecule has 0 atom stereocenters. The third kappa shape index (κ3) is 6.09. The van der Waals surface area contributed by atoms with Crippen LogP contribution in [0.25, 0.3) is 0 Å². The van der Waals surface area contributed by atoms with Crippen molar-refractivity contribution in [2.45, 2.75) is 0 Å². The predicted octanol–water partition coefficient (Wildman–Crippen LogP) is 0.269. The number of hydrogen-bond acceptors (Lipinski definition) is 4. The van der Waals surface area contributed by atoms with Gasteiger partial charge in [-0.3, -0.25) is 9.10 Å². The number of hydrogen-bond donors (Lipinski definition) is 1. The van der Waals surface area contributed by atoms with Gasteiger partial charge in [0.2, 0.25) is 15.9 Å². The van der Waals surface area contributed by atoms with Crippen molar-refractivity contribution in [2.24, 2.45) is 0 Å². The molecule has 0 saturated heterocycles. The van der Waals surface area contributed by atoms with E-state index < -0.39 is 21.7 Å². The Kier molecular flexibility index (Phi) is 6.10. The Morgan fingerprint density at radius 1 is 1.24 bits per heavy atom. The summed E-state index contributed by atoms with van der Waals surface area (Å²) in [6.45, 7) is 0.742. The summed E-state index contributed by atoms with van der Waals surface area (Å²) in [5.74, 6) is -0.880. The van der Waals surface area contributed by atoms with Crippen molar-refractivity contribution in [3.63, 3.8) is 0 Å². The lowest BCUT2D eigenvalue weighted by Gasteiger charge is -2.22. The maximum atomic E-state index is 12.9. The monoisotopic (exact) mass is 317 g/mol. The summed E-state index contributed by atoms with van der Waals surface area (Å²) >= 11 is 0. The number of amides is 1. The average molecular weight is 317 g/mol. The van der Waals surface area contributed by atoms with Crippen LogP contribution in [-0.4, -0.2) is 59.2 Å². The Hall–Kier alpha value is -1.67. The van der Waals surface area contributed by atoms with E-state index in [-0.39, 0.29) is 12.2 Å². The zero-order chi connectivity index (χ0) is 16.0. The van der Waals surface area contributed by atoms with E-state index in [1.54, 1.807) is 0 Å². The quantitative estimate of drug-likeness (QED) is 0.784. The maximum absolute atomic E-state index is 12.9. The molecule has 1 N–H and O–H groups in total. The molecule has 0 aliphatic rings. The van der Waals surface area contributed by atoms with Crippen molar-refractivity contribution < 1.29 is 17.6 Å². The number of anilines is 1. The van der Waals surface area contributed by atoms with Crippen LogP contribution in [0.2, 0.25) is 0 Å². The van der Waals surface area contributed by atoms with E-state index >= 15 is 0 Å². The molecule has 0 aromatic heterocycles. The summed E-state index contributed by atoms with van der Waals surface area (Å²) in [4.78, 5) is 13.7. The molecule has 118 valence electrons. The highest BCUT2D eigenvalue weighted by Gasteiger charge is 2.20. The van der Waals surface area contributed by atoms with E-state index in [0.717, 1.165) is 22.7 Å². The van der Waals surface area contributed by atoms with E-state index in [1.807, 2.05) is 19.0 Å². The highest BCUT2D eigenvalue weighted by Crippen LogP contribution is 2.17. The smallest absolute Gasteiger partial charge is 0.240 e. The van der Waals surface area contributed by atoms with Gasteiger partial charge in [-0.25, -0.2) is 12.8 Å². The fourth-order valence-corrected chi connectivity index (χ4v) is 2.47. The lowest BCUT2D eigenvalue weighted by atomic mass is 10.3. The largest absolute Gasteiger partial charge is 0.353 e. The summed E-state index contributed by atoms with van der Waals surface area (Å²) in [7, 11) is 0.109. The second kappa shape index (κ2) is 7.37. The van der Waals surface area contributed by atoms with Crippen molar-refractivity contribution in [3.05, 3.63) is 30.1 Å². The lowest BCUT2D eigenvalue weighted by Crippen LogP contribution is -2.42. The van der Waals surface area contributed by atoms with E-state index in [9.17, 15) is 17.6 Å². The number of sulfonamides is 1. The van der Waals surface area contributed by atoms with E-state index in [0.29, 0.717) is 13.1 Å². The second-order valence-electron chi connectivity index (χ2n) is 4.90. The minimum absolute atomic E-state index is 0.252. The molecule has 6 nitrogen and oxygen atoms in total. The highest BCUT2D eigenvalue weighted by molar-refractivity contribution is 7.92. The Bertz CT molecular complexity index is 573. The molecule has 0 aliphatic carbocycles. The van der Waals surface area contributed by atoms with Crippen LogP contribution in [-0.2, 0) is 14.8 Å². The van der Waals surface area contributed by atoms with Gasteiger partial charge < -0.3 is 10.2 Å². The fourth-order valence-electron chi connectivity index (χ4n) is 1.61. The molecule has 0 bridgehead atoms. The van der Waals surface area contributed by atoms with Gasteiger partial charge in [-0.05, 0) is 38.4 Å². The number of halogens is 1. The molecule has 0 heterocycles. The first-order chi connectivity index (χ1) is 9.70. The van der Waals surface area contributed by atoms with E-state index in [4.69, 9.17) is 0 Å². The maximum Gasteiger partial charge on any atom is 0.240 e. The van der Waals surface area contributed by atoms with Gasteiger partial charge in [0.1, 0.15) is 12.4 Å². The standard InChI is InChI=1S/C13H20FN3O3S/c1-16(2)9-8-15-13(18)10-17(21(3,19)20)12-6-4-11(14)5-7-12/h4-7H,8-10H2,1-3H3,(H,15,18). The van der Waals surface area contributed by atoms with Crippen molar-refractivity contribution in [3.8, 4) is 0 Å². The van der Waals surface area contributed by atoms with Crippen LogP contribution in [0.15, 0.2) is 24.3 Å². The zero-order valence-electron chi connectivity index (χ0n) is 12.3. The lowest BCUT2D eigenvalue weighted by molar-refractivity contribution is -0.119. The Labute approximate surface area is 124 Å². The minimum Gasteiger partial charge on any atom is -0.353 e. The topological polar surface area (TPSA) is 69.7 Å². The van der Waals surface area contributed by atoms with Gasteiger partial charge in [-0.1, -0.05) is 0 Å². The van der Waals surface area contributed by atoms with Crippen molar-refractivity contribution in [1.29, 1.82) is 0 Å². The molecule has 21 heavy (non-hydrogen) atoms. The minimum atomic E-state index is -3.63. The number of nitrogens with zero attached hydrogens (tertiary/aromatic N) is 2. The molecular formula is C13H20FN3O3S. The molecule has 0 unspecified atom stereocenters. The molecule has 8 heteroatoms. The van der Waals surface area contributed by atoms with Crippen molar-refractivity contribution in [2.75, 3.05) is 44.3 Å². The first-order valence-corrected chi connectivity index (χ1v) is 8.19. The summed E-state index contributed by atoms with van der Waals surface area (Å²) in [6.07, 6.45) is 1.00. The molecule has 0 radical (unpaired) electrons. The number of carbonyl (C=O) groups is 1. The average Bonchev–Trinajstić information content (AvgIpc) is 2.35. The SMILES string of the molecule is CN(C)CCNC(=O)CN(c1ccc(F)cc1)S(C)(=O)=O. The molecule has 1 aromatic carbocycles. The van der Waals surface area contributed by atoms with Crippen molar-refractivity contribution in [1.82, 2.24) is 10.2 Å². The Morgan fingerprint density at radius 3 is 2.29 bits per heavy atom. The number of carbonyl (C=O) groups excluding carboxylic acids is 1. The van der Waals surface area contributed by atoms with Gasteiger partial charge >= 0.3 is 0 Å². The molecule has 1 aromatic rings. The first kappa shape index (κ1) is 17.4. The Balaban J connectivity index is 2.76. The van der Waals surface area contributed by atoms with Gasteiger partial charge in [0, 0.05) is 13.1 Å². The fraction of sp³-hybridized carbons (Fsp3) is 0.462. The summed E-state index contributed by atoms with van der Waals surface area (Å²) in [6, 6.07) is 4.95. The summed E-state index contributed by atoms with van der Waals surface area (Å²) < 4.78 is 37.4. The third-order valence-corrected chi connectivity index (χ3v) is 3.82. The van der Waals surface area contributed by atoms with E-state index in [1.165, 1.54) is 12.1 Å². The second-order valence-corrected chi connectivity index (χ2v) is 6.81. The zero-order valence-corrected chi connectivity index (χ0v) is 13.2. The van der Waals surface area contributed by atoms with Crippen LogP contribution in [0.5, 0.6) is 0 Å². The van der Waals surface area contributed by atoms with Gasteiger partial charge in [-0.15, -0.1) is 0 Å². The summed E-state index contributed by atoms with van der Waals surface area (Å²) in [5, 5.41) is 2.64. The van der Waals surface area contributed by atoms with Crippen LogP contribution in [0.1, 0.15) is 0 Å². The highest BCUT2D eigenvalue weighted by atomic mass is 32.2. The van der Waals surface area contributed by atoms with Gasteiger partial charge in [-0.2, -0.15) is 0 Å². The van der Waals surface area contributed by atoms with Crippen molar-refractivity contribution >= 4 is 21.6 Å². The van der Waals surface area contributed by atoms with Crippen LogP contribution >= 0.6 is 0 Å². The van der Waals surface area contributed by atoms with Gasteiger partial charge in [0.25, 0.3) is 0 Å². The van der Waals surface area contributed by atoms with Gasteiger partial charge in [0.05, 0.1) is 11.9 Å². The third-order valence-electron chi connectivity index (χ3n) is 2.68. The van der Waals surface area contributed by atoms with Crippen LogP contribution in [0.4, 0.5) is 10.1 Å².